The lowest BCUT2D eigenvalue weighted by Crippen LogP contribution is -2.30. The Kier molecular flexibility index (Phi) is 5.00. The summed E-state index contributed by atoms with van der Waals surface area (Å²) in [6.07, 6.45) is 0. The zero-order valence-corrected chi connectivity index (χ0v) is 9.73. The van der Waals surface area contributed by atoms with Crippen molar-refractivity contribution >= 4 is 11.3 Å². The van der Waals surface area contributed by atoms with Crippen LogP contribution >= 0.6 is 11.3 Å². The molecule has 0 aliphatic heterocycles. The molecule has 1 unspecified atom stereocenters. The van der Waals surface area contributed by atoms with Gasteiger partial charge in [-0.05, 0) is 20.8 Å². The number of aryl methyl sites for hydroxylation is 1. The quantitative estimate of drug-likeness (QED) is 0.778. The first-order chi connectivity index (χ1) is 6.72. The zero-order valence-electron chi connectivity index (χ0n) is 8.91. The molecule has 1 heterocycles. The number of nitrogens with one attached hydrogen (secondary N) is 1. The van der Waals surface area contributed by atoms with Gasteiger partial charge in [0.1, 0.15) is 10.0 Å². The van der Waals surface area contributed by atoms with Crippen LogP contribution in [0.25, 0.3) is 0 Å². The van der Waals surface area contributed by atoms with Crippen molar-refractivity contribution in [2.45, 2.75) is 33.4 Å². The molecule has 1 N–H and O–H groups in total. The lowest BCUT2D eigenvalue weighted by Gasteiger charge is -2.11. The Balaban J connectivity index is 2.20. The molecule has 14 heavy (non-hydrogen) atoms. The minimum Gasteiger partial charge on any atom is -0.380 e. The Labute approximate surface area is 88.7 Å². The summed E-state index contributed by atoms with van der Waals surface area (Å²) in [7, 11) is 0. The summed E-state index contributed by atoms with van der Waals surface area (Å²) >= 11 is 1.63. The van der Waals surface area contributed by atoms with Gasteiger partial charge in [0.25, 0.3) is 0 Å². The molecule has 0 spiro atoms. The molecule has 0 aromatic carbocycles. The van der Waals surface area contributed by atoms with Crippen LogP contribution < -0.4 is 5.32 Å². The molecule has 1 aromatic rings. The molecule has 0 bridgehead atoms. The van der Waals surface area contributed by atoms with Crippen LogP contribution in [0.4, 0.5) is 0 Å². The monoisotopic (exact) mass is 215 g/mol. The van der Waals surface area contributed by atoms with Gasteiger partial charge in [-0.2, -0.15) is 0 Å². The highest BCUT2D eigenvalue weighted by Gasteiger charge is 2.03. The lowest BCUT2D eigenvalue weighted by molar-refractivity contribution is 0.127. The first kappa shape index (κ1) is 11.6. The highest BCUT2D eigenvalue weighted by molar-refractivity contribution is 7.11. The fourth-order valence-electron chi connectivity index (χ4n) is 1.02. The number of ether oxygens (including phenoxy) is 1. The molecule has 1 aromatic heterocycles. The van der Waals surface area contributed by atoms with Crippen LogP contribution in [0.15, 0.2) is 0 Å². The van der Waals surface area contributed by atoms with E-state index in [0.717, 1.165) is 29.8 Å². The van der Waals surface area contributed by atoms with Crippen LogP contribution in [0.5, 0.6) is 0 Å². The molecule has 5 heteroatoms. The van der Waals surface area contributed by atoms with Gasteiger partial charge in [0.2, 0.25) is 0 Å². The highest BCUT2D eigenvalue weighted by atomic mass is 32.1. The SMILES string of the molecule is CCOCC(C)NCc1nnc(C)s1. The Bertz CT molecular complexity index is 264. The summed E-state index contributed by atoms with van der Waals surface area (Å²) in [4.78, 5) is 0. The van der Waals surface area contributed by atoms with E-state index in [9.17, 15) is 0 Å². The molecule has 0 saturated heterocycles. The molecule has 80 valence electrons. The summed E-state index contributed by atoms with van der Waals surface area (Å²) in [6.45, 7) is 8.35. The van der Waals surface area contributed by atoms with Crippen LogP contribution in [0.3, 0.4) is 0 Å². The van der Waals surface area contributed by atoms with Crippen molar-refractivity contribution < 1.29 is 4.74 Å². The summed E-state index contributed by atoms with van der Waals surface area (Å²) in [5.41, 5.74) is 0. The second kappa shape index (κ2) is 6.06. The standard InChI is InChI=1S/C9H17N3OS/c1-4-13-6-7(2)10-5-9-12-11-8(3)14-9/h7,10H,4-6H2,1-3H3. The van der Waals surface area contributed by atoms with Crippen molar-refractivity contribution in [3.63, 3.8) is 0 Å². The largest absolute Gasteiger partial charge is 0.380 e. The Morgan fingerprint density at radius 1 is 1.50 bits per heavy atom. The van der Waals surface area contributed by atoms with Crippen LogP contribution in [0.1, 0.15) is 23.9 Å². The average molecular weight is 215 g/mol. The van der Waals surface area contributed by atoms with Gasteiger partial charge < -0.3 is 10.1 Å². The minimum absolute atomic E-state index is 0.360. The van der Waals surface area contributed by atoms with Gasteiger partial charge >= 0.3 is 0 Å². The van der Waals surface area contributed by atoms with E-state index in [1.165, 1.54) is 0 Å². The van der Waals surface area contributed by atoms with Crippen molar-refractivity contribution in [2.75, 3.05) is 13.2 Å². The third kappa shape index (κ3) is 4.13. The molecular formula is C9H17N3OS. The average Bonchev–Trinajstić information content (AvgIpc) is 2.58. The summed E-state index contributed by atoms with van der Waals surface area (Å²) < 4.78 is 5.29. The van der Waals surface area contributed by atoms with Gasteiger partial charge in [-0.3, -0.25) is 0 Å². The van der Waals surface area contributed by atoms with E-state index in [0.29, 0.717) is 6.04 Å². The third-order valence-corrected chi connectivity index (χ3v) is 2.58. The van der Waals surface area contributed by atoms with Gasteiger partial charge in [-0.25, -0.2) is 0 Å². The summed E-state index contributed by atoms with van der Waals surface area (Å²) in [6, 6.07) is 0.360. The van der Waals surface area contributed by atoms with Crippen LogP contribution in [0.2, 0.25) is 0 Å². The molecule has 0 amide bonds. The van der Waals surface area contributed by atoms with E-state index in [2.05, 4.69) is 22.4 Å². The van der Waals surface area contributed by atoms with Crippen molar-refractivity contribution in [2.24, 2.45) is 0 Å². The van der Waals surface area contributed by atoms with Gasteiger partial charge in [0.15, 0.2) is 0 Å². The second-order valence-corrected chi connectivity index (χ2v) is 4.42. The first-order valence-corrected chi connectivity index (χ1v) is 5.64. The van der Waals surface area contributed by atoms with Gasteiger partial charge in [-0.1, -0.05) is 0 Å². The van der Waals surface area contributed by atoms with Crippen molar-refractivity contribution in [3.05, 3.63) is 10.0 Å². The number of hydrogen-bond acceptors (Lipinski definition) is 5. The highest BCUT2D eigenvalue weighted by Crippen LogP contribution is 2.07. The molecule has 0 aliphatic rings. The smallest absolute Gasteiger partial charge is 0.131 e. The van der Waals surface area contributed by atoms with Crippen molar-refractivity contribution in [1.82, 2.24) is 15.5 Å². The first-order valence-electron chi connectivity index (χ1n) is 4.82. The Hall–Kier alpha value is -0.520. The topological polar surface area (TPSA) is 47.0 Å². The zero-order chi connectivity index (χ0) is 10.4. The molecule has 0 aliphatic carbocycles. The maximum atomic E-state index is 5.29. The van der Waals surface area contributed by atoms with Crippen LogP contribution in [-0.2, 0) is 11.3 Å². The molecule has 1 rings (SSSR count). The van der Waals surface area contributed by atoms with Crippen LogP contribution in [-0.4, -0.2) is 29.5 Å². The Morgan fingerprint density at radius 2 is 2.29 bits per heavy atom. The van der Waals surface area contributed by atoms with Gasteiger partial charge in [-0.15, -0.1) is 21.5 Å². The number of aromatic nitrogens is 2. The third-order valence-electron chi connectivity index (χ3n) is 1.74. The molecule has 4 nitrogen and oxygen atoms in total. The van der Waals surface area contributed by atoms with E-state index in [4.69, 9.17) is 4.74 Å². The fourth-order valence-corrected chi connectivity index (χ4v) is 1.68. The van der Waals surface area contributed by atoms with E-state index < -0.39 is 0 Å². The predicted octanol–water partition coefficient (Wildman–Crippen LogP) is 1.36. The van der Waals surface area contributed by atoms with Gasteiger partial charge in [0.05, 0.1) is 13.2 Å². The fraction of sp³-hybridized carbons (Fsp3) is 0.778. The molecule has 0 saturated carbocycles. The molecular weight excluding hydrogens is 198 g/mol. The van der Waals surface area contributed by atoms with E-state index in [-0.39, 0.29) is 0 Å². The van der Waals surface area contributed by atoms with Crippen molar-refractivity contribution in [1.29, 1.82) is 0 Å². The number of hydrogen-bond donors (Lipinski definition) is 1. The maximum absolute atomic E-state index is 5.29. The Morgan fingerprint density at radius 3 is 2.86 bits per heavy atom. The molecule has 0 fully saturated rings. The predicted molar refractivity (Wildman–Crippen MR) is 57.4 cm³/mol. The number of nitrogens with zero attached hydrogens (tertiary/aromatic N) is 2. The van der Waals surface area contributed by atoms with Gasteiger partial charge in [0, 0.05) is 12.6 Å². The van der Waals surface area contributed by atoms with E-state index in [1.54, 1.807) is 11.3 Å². The summed E-state index contributed by atoms with van der Waals surface area (Å²) in [5, 5.41) is 13.4. The van der Waals surface area contributed by atoms with Crippen molar-refractivity contribution in [3.8, 4) is 0 Å². The summed E-state index contributed by atoms with van der Waals surface area (Å²) in [5.74, 6) is 0. The van der Waals surface area contributed by atoms with Crippen LogP contribution in [0, 0.1) is 6.92 Å². The minimum atomic E-state index is 0.360. The normalized spacial score (nSPS) is 13.1. The maximum Gasteiger partial charge on any atom is 0.131 e. The lowest BCUT2D eigenvalue weighted by atomic mass is 10.3. The molecule has 1 atom stereocenters. The second-order valence-electron chi connectivity index (χ2n) is 3.16. The van der Waals surface area contributed by atoms with E-state index >= 15 is 0 Å². The molecule has 0 radical (unpaired) electrons. The van der Waals surface area contributed by atoms with E-state index in [1.807, 2.05) is 13.8 Å². The number of rotatable bonds is 6.